The van der Waals surface area contributed by atoms with Crippen LogP contribution in [0.15, 0.2) is 72.8 Å². The summed E-state index contributed by atoms with van der Waals surface area (Å²) in [5.41, 5.74) is 27.5. The largest absolute Gasteiger partial charge is 0.311 e. The Morgan fingerprint density at radius 3 is 1.60 bits per heavy atom. The quantitative estimate of drug-likeness (QED) is 0.162. The molecule has 58 heavy (non-hydrogen) atoms. The zero-order chi connectivity index (χ0) is 38.6. The van der Waals surface area contributed by atoms with Gasteiger partial charge >= 0.3 is 0 Å². The first kappa shape index (κ1) is 36.8. The van der Waals surface area contributed by atoms with Gasteiger partial charge in [0.05, 0.1) is 0 Å². The van der Waals surface area contributed by atoms with E-state index in [1.54, 1.807) is 55.4 Å². The maximum absolute atomic E-state index is 2.86. The number of fused-ring (bicyclic) bond motifs is 9. The first-order chi connectivity index (χ1) is 28.7. The van der Waals surface area contributed by atoms with Crippen LogP contribution >= 0.6 is 0 Å². The lowest BCUT2D eigenvalue weighted by molar-refractivity contribution is 0.615. The average Bonchev–Trinajstić information content (AvgIpc) is 3.18. The Hall–Kier alpha value is -4.24. The molecular formula is C55H63BN2. The average molecular weight is 763 g/mol. The molecule has 2 heterocycles. The molecule has 0 aromatic heterocycles. The second kappa shape index (κ2) is 15.7. The molecule has 6 aliphatic rings. The summed E-state index contributed by atoms with van der Waals surface area (Å²) in [7, 11) is 0. The van der Waals surface area contributed by atoms with Gasteiger partial charge in [-0.3, -0.25) is 0 Å². The molecule has 5 aromatic rings. The van der Waals surface area contributed by atoms with Gasteiger partial charge in [-0.15, -0.1) is 0 Å². The van der Waals surface area contributed by atoms with Gasteiger partial charge in [0.15, 0.2) is 0 Å². The van der Waals surface area contributed by atoms with Crippen molar-refractivity contribution in [2.45, 2.75) is 161 Å². The van der Waals surface area contributed by atoms with Gasteiger partial charge in [0.25, 0.3) is 6.71 Å². The summed E-state index contributed by atoms with van der Waals surface area (Å²) in [6, 6.07) is 30.8. The highest BCUT2D eigenvalue weighted by molar-refractivity contribution is 7.00. The molecule has 0 unspecified atom stereocenters. The molecule has 2 nitrogen and oxygen atoms in total. The second-order valence-corrected chi connectivity index (χ2v) is 19.2. The highest BCUT2D eigenvalue weighted by atomic mass is 15.2. The predicted octanol–water partition coefficient (Wildman–Crippen LogP) is 12.7. The van der Waals surface area contributed by atoms with Crippen molar-refractivity contribution in [3.05, 3.63) is 123 Å². The van der Waals surface area contributed by atoms with Gasteiger partial charge < -0.3 is 9.80 Å². The van der Waals surface area contributed by atoms with Crippen molar-refractivity contribution in [1.82, 2.24) is 0 Å². The summed E-state index contributed by atoms with van der Waals surface area (Å²) in [6.07, 6.45) is 30.9. The van der Waals surface area contributed by atoms with Gasteiger partial charge in [-0.25, -0.2) is 0 Å². The van der Waals surface area contributed by atoms with E-state index in [1.807, 2.05) is 0 Å². The van der Waals surface area contributed by atoms with Crippen LogP contribution in [0.5, 0.6) is 0 Å². The minimum atomic E-state index is 0.212. The molecule has 11 rings (SSSR count). The maximum Gasteiger partial charge on any atom is 0.252 e. The van der Waals surface area contributed by atoms with Gasteiger partial charge in [-0.1, -0.05) is 87.8 Å². The Morgan fingerprint density at radius 1 is 0.379 bits per heavy atom. The molecule has 296 valence electrons. The van der Waals surface area contributed by atoms with Crippen molar-refractivity contribution >= 4 is 57.2 Å². The molecular weight excluding hydrogens is 699 g/mol. The van der Waals surface area contributed by atoms with Crippen LogP contribution in [0.4, 0.5) is 34.1 Å². The Balaban J connectivity index is 1.21. The number of hydrogen-bond donors (Lipinski definition) is 0. The third-order valence-corrected chi connectivity index (χ3v) is 15.4. The molecule has 5 aromatic carbocycles. The number of benzene rings is 5. The molecule has 0 N–H and O–H groups in total. The first-order valence-electron chi connectivity index (χ1n) is 24.0. The molecule has 0 atom stereocenters. The van der Waals surface area contributed by atoms with Crippen molar-refractivity contribution in [3.63, 3.8) is 0 Å². The maximum atomic E-state index is 2.86. The van der Waals surface area contributed by atoms with Gasteiger partial charge in [0, 0.05) is 34.1 Å². The highest BCUT2D eigenvalue weighted by Crippen LogP contribution is 2.49. The van der Waals surface area contributed by atoms with E-state index in [1.165, 1.54) is 199 Å². The normalized spacial score (nSPS) is 19.1. The molecule has 0 radical (unpaired) electrons. The number of nitrogens with zero attached hydrogens (tertiary/aromatic N) is 2. The summed E-state index contributed by atoms with van der Waals surface area (Å²) >= 11 is 0. The SMILES string of the molecule is Cc1cc2c3c(c1)N(c1cccc4c1CCCCCC4)c1c(ccc4c1CCCCCC4)B3c1cc3c(cc1N2c1ccc2c(c1)CCCCCC2)CCCCCC3. The molecule has 0 bridgehead atoms. The Kier molecular flexibility index (Phi) is 9.99. The summed E-state index contributed by atoms with van der Waals surface area (Å²) in [5, 5.41) is 0. The zero-order valence-corrected chi connectivity index (χ0v) is 35.4. The fourth-order valence-corrected chi connectivity index (χ4v) is 12.5. The molecule has 0 saturated heterocycles. The molecule has 0 amide bonds. The summed E-state index contributed by atoms with van der Waals surface area (Å²) < 4.78 is 0. The van der Waals surface area contributed by atoms with E-state index in [-0.39, 0.29) is 6.71 Å². The van der Waals surface area contributed by atoms with E-state index in [4.69, 9.17) is 0 Å². The number of rotatable bonds is 2. The van der Waals surface area contributed by atoms with E-state index in [2.05, 4.69) is 89.5 Å². The number of anilines is 6. The summed E-state index contributed by atoms with van der Waals surface area (Å²) in [4.78, 5) is 5.61. The molecule has 4 aliphatic carbocycles. The van der Waals surface area contributed by atoms with Crippen molar-refractivity contribution < 1.29 is 0 Å². The lowest BCUT2D eigenvalue weighted by Crippen LogP contribution is -2.62. The smallest absolute Gasteiger partial charge is 0.252 e. The second-order valence-electron chi connectivity index (χ2n) is 19.2. The van der Waals surface area contributed by atoms with E-state index in [0.29, 0.717) is 0 Å². The number of aryl methyl sites for hydroxylation is 7. The van der Waals surface area contributed by atoms with Gasteiger partial charge in [-0.2, -0.15) is 0 Å². The number of hydrogen-bond acceptors (Lipinski definition) is 2. The molecule has 0 spiro atoms. The fourth-order valence-electron chi connectivity index (χ4n) is 12.5. The summed E-state index contributed by atoms with van der Waals surface area (Å²) in [6.45, 7) is 2.59. The van der Waals surface area contributed by atoms with E-state index < -0.39 is 0 Å². The van der Waals surface area contributed by atoms with Crippen LogP contribution in [0.25, 0.3) is 0 Å². The van der Waals surface area contributed by atoms with Crippen molar-refractivity contribution in [1.29, 1.82) is 0 Å². The molecule has 3 heteroatoms. The van der Waals surface area contributed by atoms with Gasteiger partial charge in [0.1, 0.15) is 0 Å². The Morgan fingerprint density at radius 2 is 0.914 bits per heavy atom. The van der Waals surface area contributed by atoms with Crippen LogP contribution in [-0.4, -0.2) is 6.71 Å². The third-order valence-electron chi connectivity index (χ3n) is 15.4. The van der Waals surface area contributed by atoms with Gasteiger partial charge in [0.2, 0.25) is 0 Å². The Labute approximate surface area is 349 Å². The standard InChI is InChI=1S/C55H63BN2/c1-38-33-52-54-53(34-38)58(50-28-18-25-40-20-11-6-8-16-26-46(40)50)55-47-27-17-9-7-12-21-41(47)30-32-48(55)56(54)49-36-43-23-14-4-5-15-24-44(43)37-51(49)57(52)45-31-29-39-19-10-2-3-13-22-42(39)35-45/h18,25,28-37H,2-17,19-24,26-27H2,1H3. The van der Waals surface area contributed by atoms with E-state index in [0.717, 1.165) is 0 Å². The van der Waals surface area contributed by atoms with Crippen LogP contribution in [-0.2, 0) is 51.4 Å². The van der Waals surface area contributed by atoms with Crippen LogP contribution in [0.1, 0.15) is 153 Å². The third kappa shape index (κ3) is 6.45. The van der Waals surface area contributed by atoms with Crippen molar-refractivity contribution in [2.24, 2.45) is 0 Å². The van der Waals surface area contributed by atoms with Crippen molar-refractivity contribution in [3.8, 4) is 0 Å². The predicted molar refractivity (Wildman–Crippen MR) is 249 cm³/mol. The fraction of sp³-hybridized carbons (Fsp3) is 0.455. The lowest BCUT2D eigenvalue weighted by atomic mass is 9.33. The van der Waals surface area contributed by atoms with Crippen LogP contribution in [0, 0.1) is 6.92 Å². The van der Waals surface area contributed by atoms with Crippen molar-refractivity contribution in [2.75, 3.05) is 9.80 Å². The van der Waals surface area contributed by atoms with Crippen LogP contribution < -0.4 is 26.2 Å². The molecule has 2 aliphatic heterocycles. The monoisotopic (exact) mass is 763 g/mol. The molecule has 0 saturated carbocycles. The minimum absolute atomic E-state index is 0.212. The summed E-state index contributed by atoms with van der Waals surface area (Å²) in [5.74, 6) is 0. The van der Waals surface area contributed by atoms with Gasteiger partial charge in [-0.05, 0) is 213 Å². The Bertz CT molecular complexity index is 2370. The van der Waals surface area contributed by atoms with E-state index in [9.17, 15) is 0 Å². The zero-order valence-electron chi connectivity index (χ0n) is 35.4. The lowest BCUT2D eigenvalue weighted by Gasteiger charge is -2.46. The molecule has 0 fully saturated rings. The van der Waals surface area contributed by atoms with Crippen LogP contribution in [0.2, 0.25) is 0 Å². The minimum Gasteiger partial charge on any atom is -0.311 e. The first-order valence-corrected chi connectivity index (χ1v) is 24.0. The van der Waals surface area contributed by atoms with Crippen LogP contribution in [0.3, 0.4) is 0 Å². The topological polar surface area (TPSA) is 6.48 Å². The highest BCUT2D eigenvalue weighted by Gasteiger charge is 2.45. The van der Waals surface area contributed by atoms with E-state index >= 15 is 0 Å².